The third-order valence-corrected chi connectivity index (χ3v) is 3.79. The second-order valence-corrected chi connectivity index (χ2v) is 9.74. The van der Waals surface area contributed by atoms with Crippen LogP contribution in [0.15, 0.2) is 42.5 Å². The van der Waals surface area contributed by atoms with Crippen molar-refractivity contribution in [3.63, 3.8) is 0 Å². The molecule has 0 bridgehead atoms. The van der Waals surface area contributed by atoms with Gasteiger partial charge in [0, 0.05) is 18.0 Å². The number of ketones is 1. The van der Waals surface area contributed by atoms with Gasteiger partial charge in [-0.05, 0) is 58.0 Å². The van der Waals surface area contributed by atoms with Crippen molar-refractivity contribution in [1.29, 1.82) is 0 Å². The summed E-state index contributed by atoms with van der Waals surface area (Å²) in [5.41, 5.74) is 1.53. The van der Waals surface area contributed by atoms with Gasteiger partial charge in [-0.15, -0.1) is 0 Å². The van der Waals surface area contributed by atoms with E-state index in [-0.39, 0.29) is 29.4 Å². The first kappa shape index (κ1) is 28.0. The van der Waals surface area contributed by atoms with Gasteiger partial charge in [0.15, 0.2) is 17.3 Å². The lowest BCUT2D eigenvalue weighted by atomic mass is 10.1. The van der Waals surface area contributed by atoms with Crippen LogP contribution in [0.4, 0.5) is 0 Å². The van der Waals surface area contributed by atoms with Gasteiger partial charge < -0.3 is 14.8 Å². The van der Waals surface area contributed by atoms with Crippen molar-refractivity contribution in [2.75, 3.05) is 12.8 Å². The summed E-state index contributed by atoms with van der Waals surface area (Å²) in [4.78, 5) is 36.2. The summed E-state index contributed by atoms with van der Waals surface area (Å²) >= 11 is 0. The highest BCUT2D eigenvalue weighted by Crippen LogP contribution is 2.29. The molecule has 2 N–H and O–H groups in total. The van der Waals surface area contributed by atoms with Gasteiger partial charge in [0.2, 0.25) is 0 Å². The van der Waals surface area contributed by atoms with Gasteiger partial charge >= 0.3 is 11.9 Å². The molecule has 0 saturated heterocycles. The quantitative estimate of drug-likeness (QED) is 0.277. The molecule has 0 aliphatic heterocycles. The number of carbonyl (C=O) groups is 3. The molecule has 0 fully saturated rings. The van der Waals surface area contributed by atoms with E-state index in [1.807, 2.05) is 27.7 Å². The molecule has 2 rings (SSSR count). The lowest BCUT2D eigenvalue weighted by molar-refractivity contribution is -0.132. The molecule has 2 aromatic rings. The van der Waals surface area contributed by atoms with Crippen LogP contribution in [0, 0.1) is 6.92 Å². The number of esters is 2. The topological polar surface area (TPSA) is 136 Å². The van der Waals surface area contributed by atoms with Gasteiger partial charge in [-0.2, -0.15) is 8.42 Å². The Morgan fingerprint density at radius 1 is 0.939 bits per heavy atom. The normalized spacial score (nSPS) is 11.1. The number of hydrogen-bond acceptors (Lipinski definition) is 8. The first-order valence-electron chi connectivity index (χ1n) is 9.87. The average Bonchev–Trinajstić information content (AvgIpc) is 2.65. The summed E-state index contributed by atoms with van der Waals surface area (Å²) in [6, 6.07) is 11.3. The maximum Gasteiger partial charge on any atom is 0.343 e. The Labute approximate surface area is 193 Å². The summed E-state index contributed by atoms with van der Waals surface area (Å²) in [6.07, 6.45) is 0.715. The lowest BCUT2D eigenvalue weighted by Gasteiger charge is -2.20. The SMILES string of the molecule is CC(=O)Oc1cc(C(=O)CNC(C)(C)C)ccc1OC(=O)c1ccc(C)cc1.CS(=O)(=O)O. The molecule has 0 aromatic heterocycles. The zero-order valence-electron chi connectivity index (χ0n) is 19.5. The molecule has 0 atom stereocenters. The minimum Gasteiger partial charge on any atom is -0.423 e. The molecular weight excluding hydrogens is 450 g/mol. The van der Waals surface area contributed by atoms with Crippen molar-refractivity contribution >= 4 is 27.8 Å². The molecule has 33 heavy (non-hydrogen) atoms. The number of nitrogens with one attached hydrogen (secondary N) is 1. The lowest BCUT2D eigenvalue weighted by Crippen LogP contribution is -2.39. The fourth-order valence-electron chi connectivity index (χ4n) is 2.30. The molecule has 0 unspecified atom stereocenters. The molecule has 9 nitrogen and oxygen atoms in total. The van der Waals surface area contributed by atoms with Crippen LogP contribution in [-0.2, 0) is 14.9 Å². The van der Waals surface area contributed by atoms with E-state index in [2.05, 4.69) is 5.32 Å². The van der Waals surface area contributed by atoms with Gasteiger partial charge in [-0.3, -0.25) is 14.1 Å². The predicted molar refractivity (Wildman–Crippen MR) is 123 cm³/mol. The van der Waals surface area contributed by atoms with Crippen molar-refractivity contribution < 1.29 is 36.8 Å². The van der Waals surface area contributed by atoms with E-state index in [0.29, 0.717) is 17.4 Å². The van der Waals surface area contributed by atoms with Gasteiger partial charge in [0.1, 0.15) is 0 Å². The minimum atomic E-state index is -3.67. The molecule has 0 saturated carbocycles. The molecule has 0 heterocycles. The Morgan fingerprint density at radius 3 is 1.94 bits per heavy atom. The number of rotatable bonds is 6. The van der Waals surface area contributed by atoms with Crippen LogP contribution in [0.25, 0.3) is 0 Å². The third kappa shape index (κ3) is 11.9. The molecule has 0 radical (unpaired) electrons. The van der Waals surface area contributed by atoms with Gasteiger partial charge in [0.05, 0.1) is 18.4 Å². The van der Waals surface area contributed by atoms with E-state index < -0.39 is 22.1 Å². The number of benzene rings is 2. The maximum atomic E-state index is 12.4. The van der Waals surface area contributed by atoms with Crippen molar-refractivity contribution in [3.8, 4) is 11.5 Å². The van der Waals surface area contributed by atoms with E-state index in [4.69, 9.17) is 14.0 Å². The number of aryl methyl sites for hydroxylation is 1. The fraction of sp³-hybridized carbons (Fsp3) is 0.348. The zero-order valence-corrected chi connectivity index (χ0v) is 20.3. The van der Waals surface area contributed by atoms with Crippen molar-refractivity contribution in [1.82, 2.24) is 5.32 Å². The summed E-state index contributed by atoms with van der Waals surface area (Å²) in [5.74, 6) is -1.23. The van der Waals surface area contributed by atoms with Crippen LogP contribution in [0.2, 0.25) is 0 Å². The van der Waals surface area contributed by atoms with E-state index in [9.17, 15) is 22.8 Å². The third-order valence-electron chi connectivity index (χ3n) is 3.79. The first-order chi connectivity index (χ1) is 15.0. The average molecular weight is 480 g/mol. The van der Waals surface area contributed by atoms with Crippen molar-refractivity contribution in [2.45, 2.75) is 40.2 Å². The molecule has 0 aliphatic carbocycles. The van der Waals surface area contributed by atoms with Crippen LogP contribution in [0.1, 0.15) is 54.0 Å². The smallest absolute Gasteiger partial charge is 0.343 e. The minimum absolute atomic E-state index is 0.0228. The Bertz CT molecular complexity index is 1090. The van der Waals surface area contributed by atoms with E-state index in [0.717, 1.165) is 5.56 Å². The molecule has 2 aromatic carbocycles. The first-order valence-corrected chi connectivity index (χ1v) is 11.7. The molecule has 0 aliphatic rings. The van der Waals surface area contributed by atoms with Crippen molar-refractivity contribution in [3.05, 3.63) is 59.2 Å². The maximum absolute atomic E-state index is 12.4. The number of Topliss-reactive ketones (excluding diaryl/α,β-unsaturated/α-hetero) is 1. The molecule has 0 amide bonds. The second-order valence-electron chi connectivity index (χ2n) is 8.27. The van der Waals surface area contributed by atoms with Crippen LogP contribution in [0.5, 0.6) is 11.5 Å². The van der Waals surface area contributed by atoms with Crippen LogP contribution >= 0.6 is 0 Å². The standard InChI is InChI=1S/C22H25NO5.CH4O3S/c1-14-6-8-16(9-7-14)21(26)28-19-11-10-17(12-20(19)27-15(2)24)18(25)13-23-22(3,4)5;1-5(2,3)4/h6-12,23H,13H2,1-5H3;1H3,(H,2,3,4). The van der Waals surface area contributed by atoms with E-state index in [1.165, 1.54) is 25.1 Å². The van der Waals surface area contributed by atoms with Crippen LogP contribution in [0.3, 0.4) is 0 Å². The van der Waals surface area contributed by atoms with Crippen LogP contribution in [-0.4, -0.2) is 49.0 Å². The summed E-state index contributed by atoms with van der Waals surface area (Å²) in [5, 5.41) is 3.11. The Morgan fingerprint density at radius 2 is 1.45 bits per heavy atom. The highest BCUT2D eigenvalue weighted by atomic mass is 32.2. The number of ether oxygens (including phenoxy) is 2. The fourth-order valence-corrected chi connectivity index (χ4v) is 2.30. The second kappa shape index (κ2) is 11.7. The summed E-state index contributed by atoms with van der Waals surface area (Å²) in [7, 11) is -3.67. The summed E-state index contributed by atoms with van der Waals surface area (Å²) < 4.78 is 36.4. The highest BCUT2D eigenvalue weighted by molar-refractivity contribution is 7.85. The Kier molecular flexibility index (Phi) is 9.90. The van der Waals surface area contributed by atoms with E-state index in [1.54, 1.807) is 24.3 Å². The van der Waals surface area contributed by atoms with Crippen molar-refractivity contribution in [2.24, 2.45) is 0 Å². The zero-order chi connectivity index (χ0) is 25.4. The van der Waals surface area contributed by atoms with Crippen LogP contribution < -0.4 is 14.8 Å². The largest absolute Gasteiger partial charge is 0.423 e. The molecule has 10 heteroatoms. The highest BCUT2D eigenvalue weighted by Gasteiger charge is 2.18. The van der Waals surface area contributed by atoms with Gasteiger partial charge in [-0.1, -0.05) is 17.7 Å². The number of hydrogen-bond donors (Lipinski definition) is 2. The monoisotopic (exact) mass is 479 g/mol. The molecular formula is C23H29NO8S. The summed E-state index contributed by atoms with van der Waals surface area (Å²) in [6.45, 7) is 9.15. The van der Waals surface area contributed by atoms with E-state index >= 15 is 0 Å². The molecule has 180 valence electrons. The molecule has 0 spiro atoms. The number of carbonyl (C=O) groups excluding carboxylic acids is 3. The Balaban J connectivity index is 0.000000981. The van der Waals surface area contributed by atoms with Gasteiger partial charge in [0.25, 0.3) is 10.1 Å². The predicted octanol–water partition coefficient (Wildman–Crippen LogP) is 3.21. The Hall–Kier alpha value is -3.08. The van der Waals surface area contributed by atoms with Gasteiger partial charge in [-0.25, -0.2) is 4.79 Å².